The summed E-state index contributed by atoms with van der Waals surface area (Å²) in [6.07, 6.45) is 3.56. The van der Waals surface area contributed by atoms with Gasteiger partial charge in [0.15, 0.2) is 0 Å². The monoisotopic (exact) mass is 170 g/mol. The van der Waals surface area contributed by atoms with E-state index in [1.807, 2.05) is 20.8 Å². The molecule has 12 heavy (non-hydrogen) atoms. The van der Waals surface area contributed by atoms with Gasteiger partial charge in [0, 0.05) is 5.41 Å². The summed E-state index contributed by atoms with van der Waals surface area (Å²) >= 11 is 0. The lowest BCUT2D eigenvalue weighted by Crippen LogP contribution is -2.34. The molecule has 1 atom stereocenters. The molecule has 1 fully saturated rings. The molecule has 0 aromatic heterocycles. The molecular formula is C10H18O2. The van der Waals surface area contributed by atoms with Gasteiger partial charge in [-0.2, -0.15) is 0 Å². The van der Waals surface area contributed by atoms with E-state index in [0.29, 0.717) is 6.42 Å². The topological polar surface area (TPSA) is 37.3 Å². The zero-order valence-electron chi connectivity index (χ0n) is 8.13. The van der Waals surface area contributed by atoms with Gasteiger partial charge in [-0.05, 0) is 32.1 Å². The Bertz CT molecular complexity index is 178. The van der Waals surface area contributed by atoms with Gasteiger partial charge in [0.05, 0.1) is 5.60 Å². The van der Waals surface area contributed by atoms with Crippen molar-refractivity contribution in [2.75, 3.05) is 0 Å². The molecule has 0 amide bonds. The zero-order valence-corrected chi connectivity index (χ0v) is 8.13. The molecule has 1 unspecified atom stereocenters. The van der Waals surface area contributed by atoms with Crippen LogP contribution in [0, 0.1) is 11.3 Å². The second-order valence-electron chi connectivity index (χ2n) is 4.67. The maximum absolute atomic E-state index is 10.7. The van der Waals surface area contributed by atoms with Crippen molar-refractivity contribution in [3.8, 4) is 0 Å². The van der Waals surface area contributed by atoms with Crippen LogP contribution < -0.4 is 0 Å². The number of aldehydes is 1. The summed E-state index contributed by atoms with van der Waals surface area (Å²) in [6, 6.07) is 0. The molecule has 1 N–H and O–H groups in total. The summed E-state index contributed by atoms with van der Waals surface area (Å²) in [5.41, 5.74) is -0.856. The smallest absolute Gasteiger partial charge is 0.126 e. The molecule has 1 rings (SSSR count). The van der Waals surface area contributed by atoms with Crippen LogP contribution in [0.2, 0.25) is 0 Å². The van der Waals surface area contributed by atoms with E-state index in [0.717, 1.165) is 19.1 Å². The molecule has 1 saturated carbocycles. The third-order valence-corrected chi connectivity index (χ3v) is 3.10. The third kappa shape index (κ3) is 1.86. The van der Waals surface area contributed by atoms with Gasteiger partial charge in [-0.1, -0.05) is 13.8 Å². The largest absolute Gasteiger partial charge is 0.390 e. The van der Waals surface area contributed by atoms with Crippen LogP contribution in [-0.4, -0.2) is 17.0 Å². The number of hydrogen-bond donors (Lipinski definition) is 1. The second-order valence-corrected chi connectivity index (χ2v) is 4.67. The summed E-state index contributed by atoms with van der Waals surface area (Å²) in [5, 5.41) is 9.94. The maximum Gasteiger partial charge on any atom is 0.126 e. The van der Waals surface area contributed by atoms with E-state index in [2.05, 4.69) is 0 Å². The van der Waals surface area contributed by atoms with Crippen LogP contribution >= 0.6 is 0 Å². The molecule has 0 heterocycles. The minimum atomic E-state index is -0.683. The number of hydrogen-bond acceptors (Lipinski definition) is 2. The zero-order chi connectivity index (χ0) is 9.41. The molecule has 0 aromatic carbocycles. The standard InChI is InChI=1S/C10H18O2/c1-8(2)9(3,12)6-10(7-11)4-5-10/h7-8,12H,4-6H2,1-3H3. The van der Waals surface area contributed by atoms with Gasteiger partial charge in [0.2, 0.25) is 0 Å². The number of carbonyl (C=O) groups excluding carboxylic acids is 1. The summed E-state index contributed by atoms with van der Waals surface area (Å²) in [7, 11) is 0. The van der Waals surface area contributed by atoms with Crippen molar-refractivity contribution in [3.63, 3.8) is 0 Å². The fraction of sp³-hybridized carbons (Fsp3) is 0.900. The first-order valence-corrected chi connectivity index (χ1v) is 4.61. The van der Waals surface area contributed by atoms with Crippen molar-refractivity contribution in [1.29, 1.82) is 0 Å². The number of aliphatic hydroxyl groups is 1. The Hall–Kier alpha value is -0.370. The molecule has 1 aliphatic rings. The molecule has 2 nitrogen and oxygen atoms in total. The highest BCUT2D eigenvalue weighted by atomic mass is 16.3. The Morgan fingerprint density at radius 2 is 2.08 bits per heavy atom. The summed E-state index contributed by atoms with van der Waals surface area (Å²) < 4.78 is 0. The molecular weight excluding hydrogens is 152 g/mol. The van der Waals surface area contributed by atoms with Crippen molar-refractivity contribution in [1.82, 2.24) is 0 Å². The Kier molecular flexibility index (Phi) is 2.30. The lowest BCUT2D eigenvalue weighted by Gasteiger charge is -2.30. The van der Waals surface area contributed by atoms with Crippen molar-refractivity contribution in [2.24, 2.45) is 11.3 Å². The van der Waals surface area contributed by atoms with Crippen molar-refractivity contribution >= 4 is 6.29 Å². The average molecular weight is 170 g/mol. The van der Waals surface area contributed by atoms with E-state index < -0.39 is 5.60 Å². The lowest BCUT2D eigenvalue weighted by molar-refractivity contribution is -0.115. The van der Waals surface area contributed by atoms with Crippen molar-refractivity contribution in [2.45, 2.75) is 45.6 Å². The van der Waals surface area contributed by atoms with Crippen molar-refractivity contribution < 1.29 is 9.90 Å². The highest BCUT2D eigenvalue weighted by Crippen LogP contribution is 2.50. The fourth-order valence-corrected chi connectivity index (χ4v) is 1.41. The Morgan fingerprint density at radius 1 is 1.58 bits per heavy atom. The predicted octanol–water partition coefficient (Wildman–Crippen LogP) is 1.76. The first kappa shape index (κ1) is 9.72. The van der Waals surface area contributed by atoms with E-state index in [1.165, 1.54) is 0 Å². The second kappa shape index (κ2) is 2.84. The van der Waals surface area contributed by atoms with Crippen LogP contribution in [0.5, 0.6) is 0 Å². The first-order chi connectivity index (χ1) is 5.42. The van der Waals surface area contributed by atoms with Gasteiger partial charge in [-0.25, -0.2) is 0 Å². The van der Waals surface area contributed by atoms with Gasteiger partial charge in [-0.3, -0.25) is 0 Å². The van der Waals surface area contributed by atoms with Gasteiger partial charge in [0.25, 0.3) is 0 Å². The Labute approximate surface area is 74.0 Å². The Balaban J connectivity index is 2.55. The molecule has 0 spiro atoms. The SMILES string of the molecule is CC(C)C(C)(O)CC1(C=O)CC1. The van der Waals surface area contributed by atoms with E-state index in [9.17, 15) is 9.90 Å². The van der Waals surface area contributed by atoms with E-state index in [-0.39, 0.29) is 11.3 Å². The highest BCUT2D eigenvalue weighted by molar-refractivity contribution is 5.63. The van der Waals surface area contributed by atoms with E-state index in [1.54, 1.807) is 0 Å². The van der Waals surface area contributed by atoms with E-state index in [4.69, 9.17) is 0 Å². The molecule has 0 aromatic rings. The maximum atomic E-state index is 10.7. The van der Waals surface area contributed by atoms with Gasteiger partial charge in [-0.15, -0.1) is 0 Å². The fourth-order valence-electron chi connectivity index (χ4n) is 1.41. The molecule has 0 saturated heterocycles. The number of rotatable bonds is 4. The summed E-state index contributed by atoms with van der Waals surface area (Å²) in [4.78, 5) is 10.7. The quantitative estimate of drug-likeness (QED) is 0.653. The predicted molar refractivity (Wildman–Crippen MR) is 47.8 cm³/mol. The third-order valence-electron chi connectivity index (χ3n) is 3.10. The van der Waals surface area contributed by atoms with Crippen LogP contribution in [-0.2, 0) is 4.79 Å². The normalized spacial score (nSPS) is 25.1. The van der Waals surface area contributed by atoms with Gasteiger partial charge < -0.3 is 9.90 Å². The molecule has 2 heteroatoms. The molecule has 70 valence electrons. The molecule has 0 bridgehead atoms. The summed E-state index contributed by atoms with van der Waals surface area (Å²) in [6.45, 7) is 5.79. The summed E-state index contributed by atoms with van der Waals surface area (Å²) in [5.74, 6) is 0.218. The van der Waals surface area contributed by atoms with Crippen LogP contribution in [0.1, 0.15) is 40.0 Å². The minimum Gasteiger partial charge on any atom is -0.390 e. The van der Waals surface area contributed by atoms with E-state index >= 15 is 0 Å². The molecule has 1 aliphatic carbocycles. The first-order valence-electron chi connectivity index (χ1n) is 4.61. The molecule has 0 radical (unpaired) electrons. The Morgan fingerprint density at radius 3 is 2.33 bits per heavy atom. The van der Waals surface area contributed by atoms with Crippen LogP contribution in [0.25, 0.3) is 0 Å². The highest BCUT2D eigenvalue weighted by Gasteiger charge is 2.47. The van der Waals surface area contributed by atoms with Crippen LogP contribution in [0.3, 0.4) is 0 Å². The lowest BCUT2D eigenvalue weighted by atomic mass is 9.82. The van der Waals surface area contributed by atoms with Gasteiger partial charge in [0.1, 0.15) is 6.29 Å². The number of carbonyl (C=O) groups is 1. The van der Waals surface area contributed by atoms with Gasteiger partial charge >= 0.3 is 0 Å². The minimum absolute atomic E-state index is 0.173. The van der Waals surface area contributed by atoms with Crippen LogP contribution in [0.15, 0.2) is 0 Å². The molecule has 0 aliphatic heterocycles. The van der Waals surface area contributed by atoms with Crippen LogP contribution in [0.4, 0.5) is 0 Å². The average Bonchev–Trinajstić information content (AvgIpc) is 2.68. The van der Waals surface area contributed by atoms with Crippen molar-refractivity contribution in [3.05, 3.63) is 0 Å².